The molecule has 0 fully saturated rings. The molecule has 0 saturated heterocycles. The van der Waals surface area contributed by atoms with Crippen LogP contribution >= 0.6 is 9.24 Å². The van der Waals surface area contributed by atoms with Crippen molar-refractivity contribution in [3.8, 4) is 11.5 Å². The maximum Gasteiger partial charge on any atom is 0.122 e. The molecule has 19 heavy (non-hydrogen) atoms. The van der Waals surface area contributed by atoms with Crippen molar-refractivity contribution in [2.45, 2.75) is 25.9 Å². The average Bonchev–Trinajstić information content (AvgIpc) is 2.35. The SMILES string of the molecule is Cc1cccc(C(C)(P)c2cccc(C)c2O)c1O. The van der Waals surface area contributed by atoms with Gasteiger partial charge in [0.05, 0.1) is 0 Å². The number of para-hydroxylation sites is 2. The van der Waals surface area contributed by atoms with Crippen LogP contribution in [0.15, 0.2) is 36.4 Å². The molecule has 2 nitrogen and oxygen atoms in total. The molecule has 0 saturated carbocycles. The molecule has 0 aliphatic heterocycles. The van der Waals surface area contributed by atoms with Gasteiger partial charge in [-0.05, 0) is 31.9 Å². The topological polar surface area (TPSA) is 40.5 Å². The zero-order valence-corrected chi connectivity index (χ0v) is 12.6. The Morgan fingerprint density at radius 3 is 1.58 bits per heavy atom. The highest BCUT2D eigenvalue weighted by molar-refractivity contribution is 7.19. The van der Waals surface area contributed by atoms with Gasteiger partial charge in [-0.2, -0.15) is 0 Å². The first-order valence-electron chi connectivity index (χ1n) is 6.22. The van der Waals surface area contributed by atoms with E-state index in [9.17, 15) is 10.2 Å². The van der Waals surface area contributed by atoms with Gasteiger partial charge in [-0.25, -0.2) is 0 Å². The molecule has 3 heteroatoms. The van der Waals surface area contributed by atoms with Crippen LogP contribution in [0.4, 0.5) is 0 Å². The van der Waals surface area contributed by atoms with Crippen LogP contribution in [0.25, 0.3) is 0 Å². The van der Waals surface area contributed by atoms with E-state index in [1.807, 2.05) is 57.2 Å². The fourth-order valence-electron chi connectivity index (χ4n) is 2.30. The lowest BCUT2D eigenvalue weighted by atomic mass is 9.88. The molecular weight excluding hydrogens is 255 g/mol. The lowest BCUT2D eigenvalue weighted by Gasteiger charge is -2.28. The fourth-order valence-corrected chi connectivity index (χ4v) is 2.77. The Balaban J connectivity index is 2.65. The Kier molecular flexibility index (Phi) is 3.56. The van der Waals surface area contributed by atoms with Crippen molar-refractivity contribution < 1.29 is 10.2 Å². The summed E-state index contributed by atoms with van der Waals surface area (Å²) in [6.07, 6.45) is 0. The molecule has 100 valence electrons. The monoisotopic (exact) mass is 274 g/mol. The van der Waals surface area contributed by atoms with E-state index in [0.29, 0.717) is 0 Å². The van der Waals surface area contributed by atoms with Crippen molar-refractivity contribution in [1.82, 2.24) is 0 Å². The zero-order valence-electron chi connectivity index (χ0n) is 11.4. The van der Waals surface area contributed by atoms with Crippen LogP contribution in [0.5, 0.6) is 11.5 Å². The van der Waals surface area contributed by atoms with E-state index in [0.717, 1.165) is 22.3 Å². The van der Waals surface area contributed by atoms with Crippen LogP contribution in [0, 0.1) is 13.8 Å². The maximum absolute atomic E-state index is 10.3. The highest BCUT2D eigenvalue weighted by atomic mass is 31.0. The molecule has 1 unspecified atom stereocenters. The van der Waals surface area contributed by atoms with Gasteiger partial charge in [0.15, 0.2) is 0 Å². The predicted molar refractivity (Wildman–Crippen MR) is 81.9 cm³/mol. The van der Waals surface area contributed by atoms with Crippen LogP contribution in [0.1, 0.15) is 29.2 Å². The van der Waals surface area contributed by atoms with Crippen LogP contribution < -0.4 is 0 Å². The molecule has 2 aromatic carbocycles. The Labute approximate surface area is 116 Å². The molecule has 2 aromatic rings. The summed E-state index contributed by atoms with van der Waals surface area (Å²) in [6.45, 7) is 5.71. The van der Waals surface area contributed by atoms with Crippen molar-refractivity contribution in [1.29, 1.82) is 0 Å². The Morgan fingerprint density at radius 1 is 0.842 bits per heavy atom. The van der Waals surface area contributed by atoms with Gasteiger partial charge in [0, 0.05) is 16.3 Å². The van der Waals surface area contributed by atoms with Gasteiger partial charge in [0.25, 0.3) is 0 Å². The van der Waals surface area contributed by atoms with Gasteiger partial charge in [-0.15, -0.1) is 9.24 Å². The second-order valence-corrected chi connectivity index (χ2v) is 6.30. The highest BCUT2D eigenvalue weighted by Gasteiger charge is 2.29. The minimum atomic E-state index is -0.536. The van der Waals surface area contributed by atoms with Crippen molar-refractivity contribution in [3.63, 3.8) is 0 Å². The molecule has 2 N–H and O–H groups in total. The van der Waals surface area contributed by atoms with Crippen molar-refractivity contribution in [3.05, 3.63) is 58.7 Å². The van der Waals surface area contributed by atoms with Gasteiger partial charge in [0.1, 0.15) is 11.5 Å². The van der Waals surface area contributed by atoms with Crippen LogP contribution in [0.2, 0.25) is 0 Å². The number of hydrogen-bond acceptors (Lipinski definition) is 2. The van der Waals surface area contributed by atoms with Crippen molar-refractivity contribution >= 4 is 9.24 Å². The minimum absolute atomic E-state index is 0.279. The van der Waals surface area contributed by atoms with E-state index in [1.54, 1.807) is 0 Å². The smallest absolute Gasteiger partial charge is 0.122 e. The zero-order chi connectivity index (χ0) is 14.2. The van der Waals surface area contributed by atoms with Crippen LogP contribution in [0.3, 0.4) is 0 Å². The summed E-state index contributed by atoms with van der Waals surface area (Å²) in [6, 6.07) is 11.3. The summed E-state index contributed by atoms with van der Waals surface area (Å²) in [5.74, 6) is 0.557. The highest BCUT2D eigenvalue weighted by Crippen LogP contribution is 2.46. The first kappa shape index (κ1) is 13.9. The molecule has 1 atom stereocenters. The molecule has 0 aliphatic rings. The molecule has 0 aliphatic carbocycles. The van der Waals surface area contributed by atoms with Crippen molar-refractivity contribution in [2.24, 2.45) is 0 Å². The molecule has 0 heterocycles. The number of aromatic hydroxyl groups is 2. The lowest BCUT2D eigenvalue weighted by molar-refractivity contribution is 0.448. The third-order valence-corrected chi connectivity index (χ3v) is 4.22. The van der Waals surface area contributed by atoms with Gasteiger partial charge in [-0.1, -0.05) is 36.4 Å². The van der Waals surface area contributed by atoms with E-state index in [4.69, 9.17) is 0 Å². The summed E-state index contributed by atoms with van der Waals surface area (Å²) in [5, 5.41) is 20.0. The van der Waals surface area contributed by atoms with Gasteiger partial charge < -0.3 is 10.2 Å². The minimum Gasteiger partial charge on any atom is -0.507 e. The predicted octanol–water partition coefficient (Wildman–Crippen LogP) is 3.85. The van der Waals surface area contributed by atoms with E-state index in [2.05, 4.69) is 9.24 Å². The van der Waals surface area contributed by atoms with Gasteiger partial charge in [-0.3, -0.25) is 0 Å². The summed E-state index contributed by atoms with van der Waals surface area (Å²) in [5.41, 5.74) is 3.24. The van der Waals surface area contributed by atoms with E-state index in [1.165, 1.54) is 0 Å². The standard InChI is InChI=1S/C16H19O2P/c1-10-6-4-8-12(14(10)17)16(3,19)13-9-5-7-11(2)15(13)18/h4-9,17-18H,19H2,1-3H3. The number of benzene rings is 2. The normalized spacial score (nSPS) is 11.6. The third-order valence-electron chi connectivity index (χ3n) is 3.59. The summed E-state index contributed by atoms with van der Waals surface area (Å²) in [7, 11) is 2.74. The number of phenols is 2. The van der Waals surface area contributed by atoms with Crippen LogP contribution in [-0.2, 0) is 5.16 Å². The Morgan fingerprint density at radius 2 is 1.21 bits per heavy atom. The molecule has 0 spiro atoms. The van der Waals surface area contributed by atoms with Gasteiger partial charge >= 0.3 is 0 Å². The van der Waals surface area contributed by atoms with Crippen molar-refractivity contribution in [2.75, 3.05) is 0 Å². The Hall–Kier alpha value is -1.53. The van der Waals surface area contributed by atoms with E-state index < -0.39 is 5.16 Å². The summed E-state index contributed by atoms with van der Waals surface area (Å²) < 4.78 is 0. The van der Waals surface area contributed by atoms with Crippen LogP contribution in [-0.4, -0.2) is 10.2 Å². The number of aryl methyl sites for hydroxylation is 2. The molecule has 0 aromatic heterocycles. The van der Waals surface area contributed by atoms with Gasteiger partial charge in [0.2, 0.25) is 0 Å². The molecule has 0 bridgehead atoms. The first-order valence-corrected chi connectivity index (χ1v) is 6.80. The molecule has 2 rings (SSSR count). The third kappa shape index (κ3) is 2.33. The first-order chi connectivity index (χ1) is 8.85. The second-order valence-electron chi connectivity index (χ2n) is 5.14. The quantitative estimate of drug-likeness (QED) is 0.816. The number of hydrogen-bond donors (Lipinski definition) is 2. The average molecular weight is 274 g/mol. The lowest BCUT2D eigenvalue weighted by Crippen LogP contribution is -2.16. The maximum atomic E-state index is 10.3. The second kappa shape index (κ2) is 4.86. The largest absolute Gasteiger partial charge is 0.507 e. The summed E-state index contributed by atoms with van der Waals surface area (Å²) >= 11 is 0. The molecule has 0 amide bonds. The fraction of sp³-hybridized carbons (Fsp3) is 0.250. The Bertz CT molecular complexity index is 565. The van der Waals surface area contributed by atoms with E-state index >= 15 is 0 Å². The number of phenolic OH excluding ortho intramolecular Hbond substituents is 2. The molecule has 0 radical (unpaired) electrons. The number of rotatable bonds is 2. The van der Waals surface area contributed by atoms with E-state index in [-0.39, 0.29) is 11.5 Å². The summed E-state index contributed by atoms with van der Waals surface area (Å²) in [4.78, 5) is 0. The molecular formula is C16H19O2P.